The Balaban J connectivity index is 1.90. The molecule has 2 aromatic heterocycles. The lowest BCUT2D eigenvalue weighted by Gasteiger charge is -2.09. The monoisotopic (exact) mass is 365 g/mol. The van der Waals surface area contributed by atoms with Crippen LogP contribution in [0.3, 0.4) is 0 Å². The lowest BCUT2D eigenvalue weighted by Crippen LogP contribution is -2.09. The maximum atomic E-state index is 12.6. The van der Waals surface area contributed by atoms with Crippen molar-refractivity contribution in [3.8, 4) is 11.4 Å². The summed E-state index contributed by atoms with van der Waals surface area (Å²) in [5.41, 5.74) is 1.01. The van der Waals surface area contributed by atoms with Crippen LogP contribution in [0.25, 0.3) is 11.4 Å². The summed E-state index contributed by atoms with van der Waals surface area (Å²) in [5.74, 6) is 0.711. The van der Waals surface area contributed by atoms with Gasteiger partial charge in [0.2, 0.25) is 0 Å². The Morgan fingerprint density at radius 1 is 1.00 bits per heavy atom. The number of hydrogen-bond acceptors (Lipinski definition) is 5. The summed E-state index contributed by atoms with van der Waals surface area (Å²) >= 11 is 1.13. The minimum atomic E-state index is -4.50. The van der Waals surface area contributed by atoms with Gasteiger partial charge in [-0.15, -0.1) is 20.4 Å². The highest BCUT2D eigenvalue weighted by Crippen LogP contribution is 2.31. The summed E-state index contributed by atoms with van der Waals surface area (Å²) < 4.78 is 39.6. The second-order valence-corrected chi connectivity index (χ2v) is 6.21. The molecule has 0 aliphatic rings. The molecule has 0 saturated heterocycles. The Kier molecular flexibility index (Phi) is 4.76. The number of aryl methyl sites for hydroxylation is 1. The summed E-state index contributed by atoms with van der Waals surface area (Å²) in [4.78, 5) is 0. The highest BCUT2D eigenvalue weighted by molar-refractivity contribution is 7.99. The van der Waals surface area contributed by atoms with Crippen molar-refractivity contribution in [1.29, 1.82) is 0 Å². The fraction of sp³-hybridized carbons (Fsp3) is 0.250. The average molecular weight is 365 g/mol. The van der Waals surface area contributed by atoms with E-state index < -0.39 is 11.9 Å². The number of benzene rings is 1. The third-order valence-electron chi connectivity index (χ3n) is 3.55. The summed E-state index contributed by atoms with van der Waals surface area (Å²) in [6.07, 6.45) is -4.50. The smallest absolute Gasteiger partial charge is 0.302 e. The number of aromatic nitrogens is 5. The fourth-order valence-corrected chi connectivity index (χ4v) is 3.10. The summed E-state index contributed by atoms with van der Waals surface area (Å²) in [6.45, 7) is 4.55. The highest BCUT2D eigenvalue weighted by atomic mass is 32.2. The first kappa shape index (κ1) is 17.4. The zero-order valence-corrected chi connectivity index (χ0v) is 14.3. The largest absolute Gasteiger partial charge is 0.435 e. The first-order chi connectivity index (χ1) is 11.9. The standard InChI is InChI=1S/C16H14F3N5S/c1-3-24-14(11-7-5-4-6-10(11)2)22-23-15(24)25-13-9-8-12(20-21-13)16(17,18)19/h4-9H,3H2,1-2H3. The van der Waals surface area contributed by atoms with E-state index in [0.717, 1.165) is 29.0 Å². The first-order valence-corrected chi connectivity index (χ1v) is 8.29. The van der Waals surface area contributed by atoms with Crippen molar-refractivity contribution in [2.45, 2.75) is 36.8 Å². The molecule has 130 valence electrons. The molecule has 25 heavy (non-hydrogen) atoms. The van der Waals surface area contributed by atoms with Crippen LogP contribution in [0.4, 0.5) is 13.2 Å². The first-order valence-electron chi connectivity index (χ1n) is 7.48. The zero-order valence-electron chi connectivity index (χ0n) is 13.4. The van der Waals surface area contributed by atoms with Crippen LogP contribution >= 0.6 is 11.8 Å². The van der Waals surface area contributed by atoms with Gasteiger partial charge in [-0.05, 0) is 43.3 Å². The van der Waals surface area contributed by atoms with Crippen LogP contribution in [0, 0.1) is 6.92 Å². The van der Waals surface area contributed by atoms with E-state index in [1.165, 1.54) is 6.07 Å². The zero-order chi connectivity index (χ0) is 18.0. The molecule has 3 aromatic rings. The van der Waals surface area contributed by atoms with Crippen molar-refractivity contribution in [3.63, 3.8) is 0 Å². The molecule has 5 nitrogen and oxygen atoms in total. The predicted molar refractivity (Wildman–Crippen MR) is 87.0 cm³/mol. The summed E-state index contributed by atoms with van der Waals surface area (Å²) in [7, 11) is 0. The van der Waals surface area contributed by atoms with E-state index in [4.69, 9.17) is 0 Å². The molecule has 0 radical (unpaired) electrons. The van der Waals surface area contributed by atoms with Gasteiger partial charge in [-0.3, -0.25) is 0 Å². The van der Waals surface area contributed by atoms with Crippen molar-refractivity contribution in [2.24, 2.45) is 0 Å². The van der Waals surface area contributed by atoms with E-state index >= 15 is 0 Å². The minimum Gasteiger partial charge on any atom is -0.302 e. The van der Waals surface area contributed by atoms with Gasteiger partial charge in [0.25, 0.3) is 0 Å². The molecule has 0 saturated carbocycles. The second kappa shape index (κ2) is 6.83. The minimum absolute atomic E-state index is 0.325. The molecule has 1 aromatic carbocycles. The molecule has 0 aliphatic heterocycles. The Morgan fingerprint density at radius 3 is 2.36 bits per heavy atom. The van der Waals surface area contributed by atoms with E-state index in [9.17, 15) is 13.2 Å². The maximum Gasteiger partial charge on any atom is 0.435 e. The van der Waals surface area contributed by atoms with Gasteiger partial charge in [0.05, 0.1) is 0 Å². The van der Waals surface area contributed by atoms with Gasteiger partial charge in [0, 0.05) is 12.1 Å². The molecule has 9 heteroatoms. The molecule has 0 unspecified atom stereocenters. The van der Waals surface area contributed by atoms with E-state index in [1.54, 1.807) is 0 Å². The Hall–Kier alpha value is -2.42. The van der Waals surface area contributed by atoms with Gasteiger partial charge in [0.1, 0.15) is 5.03 Å². The molecular formula is C16H14F3N5S. The van der Waals surface area contributed by atoms with Gasteiger partial charge in [-0.25, -0.2) is 0 Å². The number of hydrogen-bond donors (Lipinski definition) is 0. The molecule has 0 aliphatic carbocycles. The number of nitrogens with zero attached hydrogens (tertiary/aromatic N) is 5. The predicted octanol–water partition coefficient (Wildman–Crippen LogP) is 4.23. The van der Waals surface area contributed by atoms with E-state index in [1.807, 2.05) is 42.7 Å². The van der Waals surface area contributed by atoms with E-state index in [0.29, 0.717) is 22.6 Å². The average Bonchev–Trinajstić information content (AvgIpc) is 2.97. The number of halogens is 3. The molecule has 0 atom stereocenters. The van der Waals surface area contributed by atoms with Crippen molar-refractivity contribution in [3.05, 3.63) is 47.7 Å². The molecule has 0 amide bonds. The fourth-order valence-electron chi connectivity index (χ4n) is 2.29. The van der Waals surface area contributed by atoms with Crippen LogP contribution in [0.15, 0.2) is 46.6 Å². The van der Waals surface area contributed by atoms with Crippen LogP contribution in [-0.4, -0.2) is 25.0 Å². The summed E-state index contributed by atoms with van der Waals surface area (Å²) in [5, 5.41) is 16.1. The van der Waals surface area contributed by atoms with Crippen LogP contribution in [0.1, 0.15) is 18.2 Å². The number of alkyl halides is 3. The second-order valence-electron chi connectivity index (χ2n) is 5.22. The van der Waals surface area contributed by atoms with Gasteiger partial charge in [0.15, 0.2) is 16.7 Å². The van der Waals surface area contributed by atoms with Crippen molar-refractivity contribution in [2.75, 3.05) is 0 Å². The molecule has 0 N–H and O–H groups in total. The van der Waals surface area contributed by atoms with Crippen molar-refractivity contribution in [1.82, 2.24) is 25.0 Å². The van der Waals surface area contributed by atoms with Crippen molar-refractivity contribution >= 4 is 11.8 Å². The van der Waals surface area contributed by atoms with Crippen LogP contribution in [0.2, 0.25) is 0 Å². The van der Waals surface area contributed by atoms with Crippen LogP contribution in [0.5, 0.6) is 0 Å². The molecule has 0 fully saturated rings. The Bertz CT molecular complexity index is 874. The van der Waals surface area contributed by atoms with Gasteiger partial charge in [-0.2, -0.15) is 13.2 Å². The van der Waals surface area contributed by atoms with Crippen LogP contribution < -0.4 is 0 Å². The van der Waals surface area contributed by atoms with Gasteiger partial charge in [-0.1, -0.05) is 24.3 Å². The van der Waals surface area contributed by atoms with E-state index in [2.05, 4.69) is 20.4 Å². The molecule has 0 spiro atoms. The molecular weight excluding hydrogens is 351 g/mol. The Labute approximate surface area is 146 Å². The lowest BCUT2D eigenvalue weighted by atomic mass is 10.1. The van der Waals surface area contributed by atoms with Crippen LogP contribution in [-0.2, 0) is 12.7 Å². The lowest BCUT2D eigenvalue weighted by molar-refractivity contribution is -0.141. The third kappa shape index (κ3) is 3.65. The van der Waals surface area contributed by atoms with Crippen molar-refractivity contribution < 1.29 is 13.2 Å². The maximum absolute atomic E-state index is 12.6. The normalized spacial score (nSPS) is 11.7. The Morgan fingerprint density at radius 2 is 1.76 bits per heavy atom. The summed E-state index contributed by atoms with van der Waals surface area (Å²) in [6, 6.07) is 9.99. The van der Waals surface area contributed by atoms with Gasteiger partial charge < -0.3 is 4.57 Å². The SMILES string of the molecule is CCn1c(Sc2ccc(C(F)(F)F)nn2)nnc1-c1ccccc1C. The molecule has 3 rings (SSSR count). The van der Waals surface area contributed by atoms with E-state index in [-0.39, 0.29) is 0 Å². The topological polar surface area (TPSA) is 56.5 Å². The molecule has 0 bridgehead atoms. The highest BCUT2D eigenvalue weighted by Gasteiger charge is 2.33. The number of rotatable bonds is 4. The van der Waals surface area contributed by atoms with Gasteiger partial charge >= 0.3 is 6.18 Å². The third-order valence-corrected chi connectivity index (χ3v) is 4.46. The quantitative estimate of drug-likeness (QED) is 0.692. The molecule has 2 heterocycles.